The van der Waals surface area contributed by atoms with Gasteiger partial charge in [0.15, 0.2) is 0 Å². The van der Waals surface area contributed by atoms with Gasteiger partial charge >= 0.3 is 0 Å². The van der Waals surface area contributed by atoms with E-state index in [-0.39, 0.29) is 29.9 Å². The largest absolute Gasteiger partial charge is 0.352 e. The molecule has 0 spiro atoms. The predicted molar refractivity (Wildman–Crippen MR) is 94.5 cm³/mol. The van der Waals surface area contributed by atoms with Crippen LogP contribution < -0.4 is 5.32 Å². The van der Waals surface area contributed by atoms with Crippen LogP contribution in [0.3, 0.4) is 0 Å². The van der Waals surface area contributed by atoms with Gasteiger partial charge in [0.05, 0.1) is 11.4 Å². The number of benzene rings is 1. The molecule has 134 valence electrons. The summed E-state index contributed by atoms with van der Waals surface area (Å²) in [6.07, 6.45) is 1.77. The first-order chi connectivity index (χ1) is 11.3. The van der Waals surface area contributed by atoms with E-state index in [0.717, 1.165) is 25.9 Å². The first kappa shape index (κ1) is 19.2. The first-order valence-electron chi connectivity index (χ1n) is 8.06. The maximum atomic E-state index is 12.6. The lowest BCUT2D eigenvalue weighted by Gasteiger charge is -2.30. The normalized spacial score (nSPS) is 17.2. The number of rotatable bonds is 6. The Labute approximate surface area is 148 Å². The third-order valence-corrected chi connectivity index (χ3v) is 6.39. The van der Waals surface area contributed by atoms with Crippen molar-refractivity contribution in [3.63, 3.8) is 0 Å². The molecular weight excluding hydrogens is 350 g/mol. The van der Waals surface area contributed by atoms with Crippen LogP contribution in [0.2, 0.25) is 5.02 Å². The lowest BCUT2D eigenvalue weighted by Crippen LogP contribution is -2.47. The molecule has 0 radical (unpaired) electrons. The van der Waals surface area contributed by atoms with Gasteiger partial charge in [-0.15, -0.1) is 0 Å². The molecule has 1 fully saturated rings. The fraction of sp³-hybridized carbons (Fsp3) is 0.562. The van der Waals surface area contributed by atoms with Crippen LogP contribution in [-0.4, -0.2) is 62.8 Å². The number of hydrogen-bond acceptors (Lipinski definition) is 4. The van der Waals surface area contributed by atoms with Gasteiger partial charge in [-0.25, -0.2) is 8.42 Å². The average Bonchev–Trinajstić information content (AvgIpc) is 2.55. The van der Waals surface area contributed by atoms with Gasteiger partial charge in [-0.05, 0) is 57.2 Å². The number of piperidine rings is 1. The summed E-state index contributed by atoms with van der Waals surface area (Å²) in [4.78, 5) is 14.6. The Balaban J connectivity index is 2.00. The van der Waals surface area contributed by atoms with Crippen molar-refractivity contribution in [3.05, 3.63) is 29.3 Å². The van der Waals surface area contributed by atoms with E-state index in [1.807, 2.05) is 0 Å². The number of carbonyl (C=O) groups excluding carboxylic acids is 1. The van der Waals surface area contributed by atoms with E-state index in [2.05, 4.69) is 17.3 Å². The summed E-state index contributed by atoms with van der Waals surface area (Å²) in [5.74, 6) is -0.260. The molecule has 1 saturated heterocycles. The zero-order valence-electron chi connectivity index (χ0n) is 14.0. The van der Waals surface area contributed by atoms with Crippen molar-refractivity contribution in [2.75, 3.05) is 33.2 Å². The summed E-state index contributed by atoms with van der Waals surface area (Å²) in [5.41, 5.74) is 0. The van der Waals surface area contributed by atoms with Crippen LogP contribution in [0.15, 0.2) is 29.2 Å². The van der Waals surface area contributed by atoms with E-state index in [4.69, 9.17) is 11.6 Å². The number of hydrogen-bond donors (Lipinski definition) is 1. The van der Waals surface area contributed by atoms with E-state index in [0.29, 0.717) is 5.02 Å². The van der Waals surface area contributed by atoms with Crippen LogP contribution in [0.5, 0.6) is 0 Å². The van der Waals surface area contributed by atoms with E-state index >= 15 is 0 Å². The zero-order valence-corrected chi connectivity index (χ0v) is 15.6. The number of nitrogens with one attached hydrogen (secondary N) is 1. The van der Waals surface area contributed by atoms with Gasteiger partial charge in [0, 0.05) is 17.6 Å². The highest BCUT2D eigenvalue weighted by Crippen LogP contribution is 2.18. The van der Waals surface area contributed by atoms with Gasteiger partial charge in [-0.3, -0.25) is 4.79 Å². The van der Waals surface area contributed by atoms with Crippen LogP contribution >= 0.6 is 11.6 Å². The molecule has 1 heterocycles. The number of likely N-dealkylation sites (tertiary alicyclic amines) is 1. The van der Waals surface area contributed by atoms with Crippen LogP contribution in [0.4, 0.5) is 0 Å². The Morgan fingerprint density at radius 3 is 2.42 bits per heavy atom. The molecule has 8 heteroatoms. The van der Waals surface area contributed by atoms with E-state index in [1.54, 1.807) is 6.92 Å². The highest BCUT2D eigenvalue weighted by Gasteiger charge is 2.26. The van der Waals surface area contributed by atoms with Gasteiger partial charge in [0.1, 0.15) is 0 Å². The summed E-state index contributed by atoms with van der Waals surface area (Å²) >= 11 is 5.80. The quantitative estimate of drug-likeness (QED) is 0.821. The minimum absolute atomic E-state index is 0.116. The zero-order chi connectivity index (χ0) is 17.7. The molecule has 1 aliphatic heterocycles. The molecule has 0 aliphatic carbocycles. The number of sulfonamides is 1. The summed E-state index contributed by atoms with van der Waals surface area (Å²) in [6, 6.07) is 6.08. The van der Waals surface area contributed by atoms with E-state index < -0.39 is 10.0 Å². The van der Waals surface area contributed by atoms with Crippen LogP contribution in [0, 0.1) is 0 Å². The van der Waals surface area contributed by atoms with Crippen molar-refractivity contribution in [1.29, 1.82) is 0 Å². The Morgan fingerprint density at radius 2 is 1.88 bits per heavy atom. The molecule has 1 N–H and O–H groups in total. The fourth-order valence-corrected chi connectivity index (χ4v) is 4.24. The Morgan fingerprint density at radius 1 is 1.29 bits per heavy atom. The van der Waals surface area contributed by atoms with Gasteiger partial charge in [0.25, 0.3) is 0 Å². The molecular formula is C16H24ClN3O3S. The van der Waals surface area contributed by atoms with Gasteiger partial charge < -0.3 is 10.2 Å². The molecule has 1 aliphatic rings. The second kappa shape index (κ2) is 8.29. The second-order valence-electron chi connectivity index (χ2n) is 6.03. The van der Waals surface area contributed by atoms with Crippen molar-refractivity contribution in [1.82, 2.24) is 14.5 Å². The number of amides is 1. The molecule has 0 bridgehead atoms. The molecule has 0 atom stereocenters. The fourth-order valence-electron chi connectivity index (χ4n) is 2.71. The Kier molecular flexibility index (Phi) is 6.62. The van der Waals surface area contributed by atoms with Crippen LogP contribution in [0.25, 0.3) is 0 Å². The maximum absolute atomic E-state index is 12.6. The van der Waals surface area contributed by atoms with Crippen molar-refractivity contribution >= 4 is 27.5 Å². The van der Waals surface area contributed by atoms with Crippen molar-refractivity contribution in [2.24, 2.45) is 0 Å². The summed E-state index contributed by atoms with van der Waals surface area (Å²) in [7, 11) is -1.66. The lowest BCUT2D eigenvalue weighted by atomic mass is 10.1. The van der Waals surface area contributed by atoms with Gasteiger partial charge in [0.2, 0.25) is 15.9 Å². The van der Waals surface area contributed by atoms with Crippen molar-refractivity contribution < 1.29 is 13.2 Å². The molecule has 1 aromatic rings. The number of halogens is 1. The van der Waals surface area contributed by atoms with Gasteiger partial charge in [-0.1, -0.05) is 18.5 Å². The highest BCUT2D eigenvalue weighted by molar-refractivity contribution is 7.89. The number of nitrogens with zero attached hydrogens (tertiary/aromatic N) is 2. The highest BCUT2D eigenvalue weighted by atomic mass is 35.5. The molecule has 6 nitrogen and oxygen atoms in total. The topological polar surface area (TPSA) is 69.7 Å². The number of likely N-dealkylation sites (N-methyl/N-ethyl adjacent to an activating group) is 1. The summed E-state index contributed by atoms with van der Waals surface area (Å²) in [5, 5.41) is 3.41. The van der Waals surface area contributed by atoms with E-state index in [1.165, 1.54) is 28.6 Å². The third kappa shape index (κ3) is 4.92. The Hall–Kier alpha value is -1.15. The minimum atomic E-state index is -3.71. The average molecular weight is 374 g/mol. The molecule has 0 unspecified atom stereocenters. The number of carbonyl (C=O) groups is 1. The summed E-state index contributed by atoms with van der Waals surface area (Å²) in [6.45, 7) is 3.65. The van der Waals surface area contributed by atoms with Gasteiger partial charge in [-0.2, -0.15) is 4.31 Å². The molecule has 2 rings (SSSR count). The van der Waals surface area contributed by atoms with Crippen molar-refractivity contribution in [3.8, 4) is 0 Å². The standard InChI is InChI=1S/C16H24ClN3O3S/c1-3-20(24(22,23)15-6-4-13(17)5-7-15)12-16(21)18-14-8-10-19(2)11-9-14/h4-7,14H,3,8-12H2,1-2H3,(H,18,21). The maximum Gasteiger partial charge on any atom is 0.243 e. The van der Waals surface area contributed by atoms with Crippen molar-refractivity contribution in [2.45, 2.75) is 30.7 Å². The SMILES string of the molecule is CCN(CC(=O)NC1CCN(C)CC1)S(=O)(=O)c1ccc(Cl)cc1. The minimum Gasteiger partial charge on any atom is -0.352 e. The summed E-state index contributed by atoms with van der Waals surface area (Å²) < 4.78 is 26.5. The Bertz CT molecular complexity index is 656. The molecule has 1 amide bonds. The lowest BCUT2D eigenvalue weighted by molar-refractivity contribution is -0.122. The molecule has 0 aromatic heterocycles. The van der Waals surface area contributed by atoms with Crippen LogP contribution in [0.1, 0.15) is 19.8 Å². The molecule has 24 heavy (non-hydrogen) atoms. The van der Waals surface area contributed by atoms with Crippen LogP contribution in [-0.2, 0) is 14.8 Å². The van der Waals surface area contributed by atoms with E-state index in [9.17, 15) is 13.2 Å². The predicted octanol–water partition coefficient (Wildman–Crippen LogP) is 1.56. The molecule has 0 saturated carbocycles. The second-order valence-corrected chi connectivity index (χ2v) is 8.40. The first-order valence-corrected chi connectivity index (χ1v) is 9.88. The third-order valence-electron chi connectivity index (χ3n) is 4.21. The monoisotopic (exact) mass is 373 g/mol. The molecule has 1 aromatic carbocycles. The smallest absolute Gasteiger partial charge is 0.243 e.